The maximum absolute atomic E-state index is 12.9. The van der Waals surface area contributed by atoms with Crippen molar-refractivity contribution < 1.29 is 28.6 Å². The van der Waals surface area contributed by atoms with Crippen molar-refractivity contribution in [2.75, 3.05) is 25.1 Å². The lowest BCUT2D eigenvalue weighted by Gasteiger charge is -2.17. The molecule has 39 heavy (non-hydrogen) atoms. The molecule has 8 heteroatoms. The third kappa shape index (κ3) is 6.12. The number of rotatable bonds is 10. The van der Waals surface area contributed by atoms with E-state index in [-0.39, 0.29) is 37.0 Å². The molecule has 0 aromatic heterocycles. The first-order valence-electron chi connectivity index (χ1n) is 13.3. The maximum Gasteiger partial charge on any atom is 0.262 e. The predicted octanol–water partition coefficient (Wildman–Crippen LogP) is 5.78. The molecule has 2 aliphatic heterocycles. The van der Waals surface area contributed by atoms with Crippen LogP contribution in [0.3, 0.4) is 0 Å². The maximum atomic E-state index is 12.9. The molecule has 3 aromatic carbocycles. The second kappa shape index (κ2) is 11.7. The average Bonchev–Trinajstić information content (AvgIpc) is 3.55. The van der Waals surface area contributed by atoms with E-state index in [1.54, 1.807) is 42.5 Å². The highest BCUT2D eigenvalue weighted by molar-refractivity contribution is 6.21. The van der Waals surface area contributed by atoms with Crippen molar-refractivity contribution in [3.8, 4) is 17.2 Å². The van der Waals surface area contributed by atoms with Crippen LogP contribution in [0.1, 0.15) is 65.3 Å². The number of hydrogen-bond acceptors (Lipinski definition) is 6. The number of hydrogen-bond donors (Lipinski definition) is 1. The van der Waals surface area contributed by atoms with Gasteiger partial charge in [0.05, 0.1) is 23.8 Å². The number of imide groups is 1. The summed E-state index contributed by atoms with van der Waals surface area (Å²) >= 11 is 0. The van der Waals surface area contributed by atoms with Gasteiger partial charge in [-0.1, -0.05) is 26.0 Å². The highest BCUT2D eigenvalue weighted by atomic mass is 16.5. The van der Waals surface area contributed by atoms with E-state index in [1.807, 2.05) is 24.3 Å². The van der Waals surface area contributed by atoms with Crippen molar-refractivity contribution in [2.45, 2.75) is 45.1 Å². The van der Waals surface area contributed by atoms with Gasteiger partial charge in [-0.05, 0) is 85.3 Å². The summed E-state index contributed by atoms with van der Waals surface area (Å²) in [6.07, 6.45) is 2.75. The Kier molecular flexibility index (Phi) is 7.93. The summed E-state index contributed by atoms with van der Waals surface area (Å²) in [5, 5.41) is 2.80. The van der Waals surface area contributed by atoms with Gasteiger partial charge in [-0.15, -0.1) is 0 Å². The van der Waals surface area contributed by atoms with Gasteiger partial charge >= 0.3 is 0 Å². The van der Waals surface area contributed by atoms with Gasteiger partial charge in [0, 0.05) is 12.3 Å². The van der Waals surface area contributed by atoms with Gasteiger partial charge in [-0.3, -0.25) is 19.3 Å². The summed E-state index contributed by atoms with van der Waals surface area (Å²) in [6.45, 7) is 5.15. The first kappa shape index (κ1) is 26.4. The van der Waals surface area contributed by atoms with Crippen molar-refractivity contribution in [1.29, 1.82) is 0 Å². The SMILES string of the molecule is CCC(C)c1ccc(OCC(=O)Nc2ccc(Oc3ccc4c(c3)C(=O)N(CC3CCCO3)C4=O)cc2)cc1. The summed E-state index contributed by atoms with van der Waals surface area (Å²) in [4.78, 5) is 39.2. The van der Waals surface area contributed by atoms with E-state index in [0.717, 1.165) is 19.3 Å². The van der Waals surface area contributed by atoms with Crippen molar-refractivity contribution in [2.24, 2.45) is 0 Å². The van der Waals surface area contributed by atoms with Crippen LogP contribution in [0.4, 0.5) is 5.69 Å². The van der Waals surface area contributed by atoms with E-state index >= 15 is 0 Å². The number of carbonyl (C=O) groups excluding carboxylic acids is 3. The van der Waals surface area contributed by atoms with E-state index in [2.05, 4.69) is 19.2 Å². The molecule has 0 radical (unpaired) electrons. The number of carbonyl (C=O) groups is 3. The highest BCUT2D eigenvalue weighted by Crippen LogP contribution is 2.31. The van der Waals surface area contributed by atoms with Gasteiger partial charge in [-0.2, -0.15) is 0 Å². The van der Waals surface area contributed by atoms with Crippen LogP contribution in [0.15, 0.2) is 66.7 Å². The van der Waals surface area contributed by atoms with Gasteiger partial charge in [-0.25, -0.2) is 0 Å². The molecule has 1 saturated heterocycles. The molecule has 2 heterocycles. The lowest BCUT2D eigenvalue weighted by atomic mass is 9.99. The van der Waals surface area contributed by atoms with E-state index in [1.165, 1.54) is 10.5 Å². The molecule has 8 nitrogen and oxygen atoms in total. The molecule has 202 valence electrons. The standard InChI is InChI=1S/C31H32N2O6/c1-3-20(2)21-6-10-23(11-7-21)38-19-29(34)32-22-8-12-24(13-9-22)39-25-14-15-27-28(17-25)31(36)33(30(27)35)18-26-5-4-16-37-26/h6-15,17,20,26H,3-5,16,18-19H2,1-2H3,(H,32,34). The molecular weight excluding hydrogens is 496 g/mol. The molecule has 1 fully saturated rings. The summed E-state index contributed by atoms with van der Waals surface area (Å²) in [5.41, 5.74) is 2.54. The fraction of sp³-hybridized carbons (Fsp3) is 0.323. The fourth-order valence-electron chi connectivity index (χ4n) is 4.71. The second-order valence-corrected chi connectivity index (χ2v) is 9.90. The Bertz CT molecular complexity index is 1350. The van der Waals surface area contributed by atoms with Crippen LogP contribution >= 0.6 is 0 Å². The predicted molar refractivity (Wildman–Crippen MR) is 147 cm³/mol. The molecule has 2 unspecified atom stereocenters. The Morgan fingerprint density at radius 2 is 1.67 bits per heavy atom. The van der Waals surface area contributed by atoms with Crippen molar-refractivity contribution in [3.05, 3.63) is 83.4 Å². The number of fused-ring (bicyclic) bond motifs is 1. The summed E-state index contributed by atoms with van der Waals surface area (Å²) in [7, 11) is 0. The third-order valence-corrected chi connectivity index (χ3v) is 7.16. The Morgan fingerprint density at radius 3 is 2.36 bits per heavy atom. The van der Waals surface area contributed by atoms with Crippen LogP contribution in [0.25, 0.3) is 0 Å². The zero-order valence-electron chi connectivity index (χ0n) is 22.1. The second-order valence-electron chi connectivity index (χ2n) is 9.90. The van der Waals surface area contributed by atoms with Gasteiger partial charge in [0.25, 0.3) is 17.7 Å². The van der Waals surface area contributed by atoms with Gasteiger partial charge in [0.15, 0.2) is 6.61 Å². The van der Waals surface area contributed by atoms with Crippen molar-refractivity contribution >= 4 is 23.4 Å². The molecule has 1 N–H and O–H groups in total. The zero-order chi connectivity index (χ0) is 27.4. The Morgan fingerprint density at radius 1 is 0.974 bits per heavy atom. The minimum atomic E-state index is -0.331. The molecule has 0 saturated carbocycles. The normalized spacial score (nSPS) is 17.2. The molecule has 0 aliphatic carbocycles. The highest BCUT2D eigenvalue weighted by Gasteiger charge is 2.37. The lowest BCUT2D eigenvalue weighted by molar-refractivity contribution is -0.118. The Balaban J connectivity index is 1.14. The summed E-state index contributed by atoms with van der Waals surface area (Å²) in [6, 6.07) is 19.6. The molecule has 0 spiro atoms. The first-order chi connectivity index (χ1) is 18.9. The Labute approximate surface area is 227 Å². The first-order valence-corrected chi connectivity index (χ1v) is 13.3. The average molecular weight is 529 g/mol. The largest absolute Gasteiger partial charge is 0.484 e. The molecule has 3 amide bonds. The molecule has 0 bridgehead atoms. The zero-order valence-corrected chi connectivity index (χ0v) is 22.1. The number of nitrogens with zero attached hydrogens (tertiary/aromatic N) is 1. The number of anilines is 1. The molecule has 2 atom stereocenters. The lowest BCUT2D eigenvalue weighted by Crippen LogP contribution is -2.36. The summed E-state index contributed by atoms with van der Waals surface area (Å²) < 4.78 is 17.1. The van der Waals surface area contributed by atoms with Crippen LogP contribution in [0.5, 0.6) is 17.2 Å². The third-order valence-electron chi connectivity index (χ3n) is 7.16. The van der Waals surface area contributed by atoms with Crippen molar-refractivity contribution in [1.82, 2.24) is 4.90 Å². The van der Waals surface area contributed by atoms with Gasteiger partial charge in [0.1, 0.15) is 17.2 Å². The minimum Gasteiger partial charge on any atom is -0.484 e. The fourth-order valence-corrected chi connectivity index (χ4v) is 4.71. The number of benzene rings is 3. The Hall–Kier alpha value is -4.17. The van der Waals surface area contributed by atoms with Crippen LogP contribution in [-0.4, -0.2) is 48.5 Å². The molecule has 5 rings (SSSR count). The van der Waals surface area contributed by atoms with Gasteiger partial charge < -0.3 is 19.5 Å². The van der Waals surface area contributed by atoms with E-state index < -0.39 is 0 Å². The smallest absolute Gasteiger partial charge is 0.262 e. The minimum absolute atomic E-state index is 0.102. The van der Waals surface area contributed by atoms with Crippen LogP contribution < -0.4 is 14.8 Å². The molecular formula is C31H32N2O6. The molecule has 3 aromatic rings. The van der Waals surface area contributed by atoms with Crippen LogP contribution in [0, 0.1) is 0 Å². The number of amides is 3. The van der Waals surface area contributed by atoms with Gasteiger partial charge in [0.2, 0.25) is 0 Å². The van der Waals surface area contributed by atoms with E-state index in [9.17, 15) is 14.4 Å². The van der Waals surface area contributed by atoms with E-state index in [4.69, 9.17) is 14.2 Å². The quantitative estimate of drug-likeness (QED) is 0.335. The van der Waals surface area contributed by atoms with Crippen LogP contribution in [-0.2, 0) is 9.53 Å². The molecule has 2 aliphatic rings. The monoisotopic (exact) mass is 528 g/mol. The van der Waals surface area contributed by atoms with Crippen molar-refractivity contribution in [3.63, 3.8) is 0 Å². The number of nitrogens with one attached hydrogen (secondary N) is 1. The van der Waals surface area contributed by atoms with Crippen LogP contribution in [0.2, 0.25) is 0 Å². The number of ether oxygens (including phenoxy) is 3. The topological polar surface area (TPSA) is 94.2 Å². The summed E-state index contributed by atoms with van der Waals surface area (Å²) in [5.74, 6) is 1.19. The van der Waals surface area contributed by atoms with E-state index in [0.29, 0.717) is 46.6 Å².